The molecule has 4 saturated carbocycles. The Morgan fingerprint density at radius 2 is 2.00 bits per heavy atom. The summed E-state index contributed by atoms with van der Waals surface area (Å²) >= 11 is 0. The second kappa shape index (κ2) is 3.58. The van der Waals surface area contributed by atoms with E-state index in [0.717, 1.165) is 0 Å². The molecule has 1 heterocycles. The van der Waals surface area contributed by atoms with Crippen LogP contribution in [0.25, 0.3) is 0 Å². The van der Waals surface area contributed by atoms with E-state index in [4.69, 9.17) is 9.84 Å². The molecule has 5 fully saturated rings. The standard InChI is InChI=1S/C13H18N2O5/c16-8-1-7(2-8)9-3-15(11(19)20-9)13-4-12(5-13,6-13)14-10(17)18/h7-9,14,16H,1-6H2,(H,17,18). The van der Waals surface area contributed by atoms with Crippen LogP contribution in [0, 0.1) is 5.92 Å². The number of aliphatic hydroxyl groups excluding tert-OH is 1. The zero-order valence-electron chi connectivity index (χ0n) is 11.0. The van der Waals surface area contributed by atoms with E-state index in [1.54, 1.807) is 4.90 Å². The van der Waals surface area contributed by atoms with Crippen molar-refractivity contribution in [3.8, 4) is 0 Å². The average Bonchev–Trinajstić information content (AvgIpc) is 2.58. The molecule has 4 aliphatic carbocycles. The molecule has 3 N–H and O–H groups in total. The molecule has 7 nitrogen and oxygen atoms in total. The minimum Gasteiger partial charge on any atom is -0.465 e. The quantitative estimate of drug-likeness (QED) is 0.701. The number of hydrogen-bond acceptors (Lipinski definition) is 4. The highest BCUT2D eigenvalue weighted by molar-refractivity contribution is 5.73. The van der Waals surface area contributed by atoms with E-state index in [2.05, 4.69) is 5.32 Å². The third-order valence-electron chi connectivity index (χ3n) is 5.46. The van der Waals surface area contributed by atoms with Gasteiger partial charge in [0.2, 0.25) is 0 Å². The molecule has 2 amide bonds. The average molecular weight is 282 g/mol. The lowest BCUT2D eigenvalue weighted by atomic mass is 9.43. The van der Waals surface area contributed by atoms with Crippen LogP contribution >= 0.6 is 0 Å². The third kappa shape index (κ3) is 1.49. The van der Waals surface area contributed by atoms with Crippen molar-refractivity contribution in [1.29, 1.82) is 0 Å². The summed E-state index contributed by atoms with van der Waals surface area (Å²) in [6, 6.07) is 0. The molecule has 5 aliphatic rings. The maximum Gasteiger partial charge on any atom is 0.410 e. The Morgan fingerprint density at radius 3 is 2.55 bits per heavy atom. The summed E-state index contributed by atoms with van der Waals surface area (Å²) in [6.45, 7) is 0.583. The zero-order valence-corrected chi connectivity index (χ0v) is 11.0. The lowest BCUT2D eigenvalue weighted by Crippen LogP contribution is -2.83. The van der Waals surface area contributed by atoms with Crippen LogP contribution in [0.5, 0.6) is 0 Å². The number of carboxylic acid groups (broad SMARTS) is 1. The SMILES string of the molecule is O=C(O)NC12CC(N3CC(C4CC(O)C4)OC3=O)(C1)C2. The van der Waals surface area contributed by atoms with Gasteiger partial charge in [-0.05, 0) is 32.1 Å². The van der Waals surface area contributed by atoms with E-state index >= 15 is 0 Å². The maximum atomic E-state index is 12.0. The summed E-state index contributed by atoms with van der Waals surface area (Å²) in [4.78, 5) is 24.5. The highest BCUT2D eigenvalue weighted by atomic mass is 16.6. The Morgan fingerprint density at radius 1 is 1.35 bits per heavy atom. The molecule has 110 valence electrons. The number of nitrogens with one attached hydrogen (secondary N) is 1. The Hall–Kier alpha value is -1.50. The summed E-state index contributed by atoms with van der Waals surface area (Å²) in [5.74, 6) is 0.275. The van der Waals surface area contributed by atoms with Gasteiger partial charge in [-0.25, -0.2) is 9.59 Å². The van der Waals surface area contributed by atoms with Gasteiger partial charge in [-0.15, -0.1) is 0 Å². The van der Waals surface area contributed by atoms with Crippen LogP contribution in [0.2, 0.25) is 0 Å². The zero-order chi connectivity index (χ0) is 14.1. The number of ether oxygens (including phenoxy) is 1. The summed E-state index contributed by atoms with van der Waals surface area (Å²) in [5, 5.41) is 20.7. The first-order chi connectivity index (χ1) is 9.41. The van der Waals surface area contributed by atoms with Gasteiger partial charge >= 0.3 is 12.2 Å². The fourth-order valence-electron chi connectivity index (χ4n) is 4.43. The van der Waals surface area contributed by atoms with Crippen molar-refractivity contribution in [2.45, 2.75) is 55.4 Å². The summed E-state index contributed by atoms with van der Waals surface area (Å²) < 4.78 is 5.43. The van der Waals surface area contributed by atoms with Crippen molar-refractivity contribution in [1.82, 2.24) is 10.2 Å². The molecule has 0 aromatic heterocycles. The molecule has 20 heavy (non-hydrogen) atoms. The minimum absolute atomic E-state index is 0.108. The van der Waals surface area contributed by atoms with Crippen molar-refractivity contribution in [3.63, 3.8) is 0 Å². The molecule has 1 atom stereocenters. The van der Waals surface area contributed by atoms with Crippen molar-refractivity contribution in [2.24, 2.45) is 5.92 Å². The van der Waals surface area contributed by atoms with Crippen molar-refractivity contribution < 1.29 is 24.5 Å². The Kier molecular flexibility index (Phi) is 2.19. The molecule has 5 rings (SSSR count). The fourth-order valence-corrected chi connectivity index (χ4v) is 4.43. The van der Waals surface area contributed by atoms with Gasteiger partial charge in [0, 0.05) is 5.92 Å². The number of aliphatic hydroxyl groups is 1. The van der Waals surface area contributed by atoms with Gasteiger partial charge in [0.05, 0.1) is 23.7 Å². The first-order valence-corrected chi connectivity index (χ1v) is 7.09. The molecule has 1 saturated heterocycles. The van der Waals surface area contributed by atoms with Crippen LogP contribution in [0.1, 0.15) is 32.1 Å². The Bertz CT molecular complexity index is 467. The van der Waals surface area contributed by atoms with Gasteiger partial charge < -0.3 is 20.3 Å². The predicted octanol–water partition coefficient (Wildman–Crippen LogP) is 0.521. The van der Waals surface area contributed by atoms with Crippen LogP contribution < -0.4 is 5.32 Å². The van der Waals surface area contributed by atoms with E-state index in [1.165, 1.54) is 0 Å². The van der Waals surface area contributed by atoms with Gasteiger partial charge in [0.15, 0.2) is 0 Å². The van der Waals surface area contributed by atoms with E-state index in [9.17, 15) is 14.7 Å². The Balaban J connectivity index is 1.37. The van der Waals surface area contributed by atoms with E-state index in [-0.39, 0.29) is 35.3 Å². The lowest BCUT2D eigenvalue weighted by Gasteiger charge is -2.72. The van der Waals surface area contributed by atoms with Crippen molar-refractivity contribution in [3.05, 3.63) is 0 Å². The molecule has 0 aromatic carbocycles. The lowest BCUT2D eigenvalue weighted by molar-refractivity contribution is -0.152. The van der Waals surface area contributed by atoms with E-state index in [0.29, 0.717) is 38.6 Å². The van der Waals surface area contributed by atoms with Crippen LogP contribution in [0.4, 0.5) is 9.59 Å². The van der Waals surface area contributed by atoms with Crippen molar-refractivity contribution >= 4 is 12.2 Å². The van der Waals surface area contributed by atoms with Crippen LogP contribution in [0.15, 0.2) is 0 Å². The minimum atomic E-state index is -0.997. The van der Waals surface area contributed by atoms with Crippen molar-refractivity contribution in [2.75, 3.05) is 6.54 Å². The molecule has 0 aromatic rings. The van der Waals surface area contributed by atoms with Crippen LogP contribution in [-0.4, -0.2) is 57.1 Å². The number of nitrogens with zero attached hydrogens (tertiary/aromatic N) is 1. The monoisotopic (exact) mass is 282 g/mol. The largest absolute Gasteiger partial charge is 0.465 e. The first-order valence-electron chi connectivity index (χ1n) is 7.09. The highest BCUT2D eigenvalue weighted by Crippen LogP contribution is 2.64. The number of carbonyl (C=O) groups excluding carboxylic acids is 1. The fraction of sp³-hybridized carbons (Fsp3) is 0.846. The van der Waals surface area contributed by atoms with Gasteiger partial charge in [-0.1, -0.05) is 0 Å². The molecule has 7 heteroatoms. The molecule has 0 spiro atoms. The van der Waals surface area contributed by atoms with Crippen LogP contribution in [0.3, 0.4) is 0 Å². The molecule has 2 bridgehead atoms. The number of cyclic esters (lactones) is 1. The number of hydrogen-bond donors (Lipinski definition) is 3. The Labute approximate surface area is 115 Å². The van der Waals surface area contributed by atoms with Crippen LogP contribution in [-0.2, 0) is 4.74 Å². The number of carbonyl (C=O) groups is 2. The number of rotatable bonds is 3. The smallest absolute Gasteiger partial charge is 0.410 e. The number of amides is 2. The predicted molar refractivity (Wildman–Crippen MR) is 66.2 cm³/mol. The molecule has 1 aliphatic heterocycles. The first kappa shape index (κ1) is 12.3. The summed E-state index contributed by atoms with van der Waals surface area (Å²) in [7, 11) is 0. The summed E-state index contributed by atoms with van der Waals surface area (Å²) in [6.07, 6.45) is 1.88. The molecule has 1 unspecified atom stereocenters. The summed E-state index contributed by atoms with van der Waals surface area (Å²) in [5.41, 5.74) is -0.493. The van der Waals surface area contributed by atoms with Gasteiger partial charge in [0.1, 0.15) is 6.10 Å². The molecular weight excluding hydrogens is 264 g/mol. The third-order valence-corrected chi connectivity index (χ3v) is 5.46. The normalized spacial score (nSPS) is 48.8. The molecule has 0 radical (unpaired) electrons. The van der Waals surface area contributed by atoms with E-state index in [1.807, 2.05) is 0 Å². The van der Waals surface area contributed by atoms with Gasteiger partial charge in [-0.3, -0.25) is 4.90 Å². The second-order valence-electron chi connectivity index (χ2n) is 6.88. The topological polar surface area (TPSA) is 99.1 Å². The maximum absolute atomic E-state index is 12.0. The molecular formula is C13H18N2O5. The van der Waals surface area contributed by atoms with E-state index < -0.39 is 6.09 Å². The highest BCUT2D eigenvalue weighted by Gasteiger charge is 2.73. The van der Waals surface area contributed by atoms with Gasteiger partial charge in [-0.2, -0.15) is 0 Å². The van der Waals surface area contributed by atoms with Gasteiger partial charge in [0.25, 0.3) is 0 Å². The second-order valence-corrected chi connectivity index (χ2v) is 6.88.